The van der Waals surface area contributed by atoms with Crippen LogP contribution in [0.15, 0.2) is 29.4 Å². The number of hydrogen-bond donors (Lipinski definition) is 0. The standard InChI is InChI=1S/C14H15F3N4S/c15-14(16,17)11-5-3-4-10(8-11)9-22-13-18-19-20-21(13)12-6-1-2-7-12/h3-5,8,12H,1-2,6-7,9H2. The fourth-order valence-electron chi connectivity index (χ4n) is 2.64. The van der Waals surface area contributed by atoms with Crippen LogP contribution in [0.25, 0.3) is 0 Å². The van der Waals surface area contributed by atoms with Gasteiger partial charge in [0.1, 0.15) is 0 Å². The summed E-state index contributed by atoms with van der Waals surface area (Å²) in [5.41, 5.74) is -0.0122. The zero-order valence-electron chi connectivity index (χ0n) is 11.8. The first-order valence-electron chi connectivity index (χ1n) is 7.11. The molecule has 0 aliphatic heterocycles. The van der Waals surface area contributed by atoms with Gasteiger partial charge in [-0.25, -0.2) is 4.68 Å². The smallest absolute Gasteiger partial charge is 0.217 e. The third kappa shape index (κ3) is 3.43. The average molecular weight is 328 g/mol. The topological polar surface area (TPSA) is 43.6 Å². The minimum atomic E-state index is -4.31. The number of benzene rings is 1. The molecule has 22 heavy (non-hydrogen) atoms. The van der Waals surface area contributed by atoms with Crippen molar-refractivity contribution in [1.82, 2.24) is 20.2 Å². The first-order chi connectivity index (χ1) is 10.5. The molecule has 8 heteroatoms. The molecule has 3 rings (SSSR count). The monoisotopic (exact) mass is 328 g/mol. The second-order valence-corrected chi connectivity index (χ2v) is 6.27. The molecule has 0 spiro atoms. The van der Waals surface area contributed by atoms with Crippen molar-refractivity contribution in [3.05, 3.63) is 35.4 Å². The van der Waals surface area contributed by atoms with Crippen LogP contribution in [0.3, 0.4) is 0 Å². The molecular weight excluding hydrogens is 313 g/mol. The molecule has 118 valence electrons. The van der Waals surface area contributed by atoms with E-state index in [1.165, 1.54) is 36.7 Å². The molecule has 1 aromatic carbocycles. The maximum atomic E-state index is 12.7. The Kier molecular flexibility index (Phi) is 4.37. The fraction of sp³-hybridized carbons (Fsp3) is 0.500. The van der Waals surface area contributed by atoms with Gasteiger partial charge in [0.15, 0.2) is 0 Å². The van der Waals surface area contributed by atoms with Crippen molar-refractivity contribution in [2.75, 3.05) is 0 Å². The van der Waals surface area contributed by atoms with Crippen molar-refractivity contribution in [3.8, 4) is 0 Å². The molecule has 1 saturated carbocycles. The lowest BCUT2D eigenvalue weighted by Crippen LogP contribution is -2.08. The predicted molar refractivity (Wildman–Crippen MR) is 76.3 cm³/mol. The highest BCUT2D eigenvalue weighted by molar-refractivity contribution is 7.98. The van der Waals surface area contributed by atoms with E-state index in [4.69, 9.17) is 0 Å². The second-order valence-electron chi connectivity index (χ2n) is 5.33. The number of alkyl halides is 3. The zero-order valence-corrected chi connectivity index (χ0v) is 12.6. The lowest BCUT2D eigenvalue weighted by molar-refractivity contribution is -0.137. The van der Waals surface area contributed by atoms with E-state index < -0.39 is 11.7 Å². The Bertz CT molecular complexity index is 635. The molecule has 1 aliphatic rings. The molecule has 0 atom stereocenters. The van der Waals surface area contributed by atoms with Gasteiger partial charge in [-0.1, -0.05) is 42.8 Å². The van der Waals surface area contributed by atoms with Crippen molar-refractivity contribution in [1.29, 1.82) is 0 Å². The molecule has 1 aromatic heterocycles. The first kappa shape index (κ1) is 15.3. The van der Waals surface area contributed by atoms with Crippen molar-refractivity contribution in [3.63, 3.8) is 0 Å². The van der Waals surface area contributed by atoms with Crippen LogP contribution in [0.5, 0.6) is 0 Å². The zero-order chi connectivity index (χ0) is 15.6. The van der Waals surface area contributed by atoms with Gasteiger partial charge in [0, 0.05) is 5.75 Å². The van der Waals surface area contributed by atoms with E-state index in [-0.39, 0.29) is 0 Å². The van der Waals surface area contributed by atoms with Gasteiger partial charge in [-0.05, 0) is 34.9 Å². The summed E-state index contributed by atoms with van der Waals surface area (Å²) in [7, 11) is 0. The van der Waals surface area contributed by atoms with Crippen LogP contribution in [0.4, 0.5) is 13.2 Å². The molecule has 0 radical (unpaired) electrons. The number of rotatable bonds is 4. The molecular formula is C14H15F3N4S. The van der Waals surface area contributed by atoms with Gasteiger partial charge in [0.2, 0.25) is 5.16 Å². The quantitative estimate of drug-likeness (QED) is 0.793. The number of thioether (sulfide) groups is 1. The molecule has 1 aliphatic carbocycles. The van der Waals surface area contributed by atoms with Crippen molar-refractivity contribution >= 4 is 11.8 Å². The van der Waals surface area contributed by atoms with Gasteiger partial charge in [0.25, 0.3) is 0 Å². The summed E-state index contributed by atoms with van der Waals surface area (Å²) < 4.78 is 39.9. The molecule has 0 N–H and O–H groups in total. The molecule has 0 saturated heterocycles. The number of halogens is 3. The molecule has 0 unspecified atom stereocenters. The average Bonchev–Trinajstić information content (AvgIpc) is 3.15. The van der Waals surface area contributed by atoms with E-state index >= 15 is 0 Å². The highest BCUT2D eigenvalue weighted by Crippen LogP contribution is 2.33. The highest BCUT2D eigenvalue weighted by atomic mass is 32.2. The minimum Gasteiger partial charge on any atom is -0.217 e. The Hall–Kier alpha value is -1.57. The van der Waals surface area contributed by atoms with Gasteiger partial charge in [0.05, 0.1) is 11.6 Å². The fourth-order valence-corrected chi connectivity index (χ4v) is 3.53. The van der Waals surface area contributed by atoms with E-state index in [9.17, 15) is 13.2 Å². The number of aromatic nitrogens is 4. The van der Waals surface area contributed by atoms with Crippen LogP contribution in [0.1, 0.15) is 42.9 Å². The second kappa shape index (κ2) is 6.28. The molecule has 1 fully saturated rings. The first-order valence-corrected chi connectivity index (χ1v) is 8.09. The van der Waals surface area contributed by atoms with Crippen LogP contribution >= 0.6 is 11.8 Å². The van der Waals surface area contributed by atoms with Gasteiger partial charge < -0.3 is 0 Å². The molecule has 1 heterocycles. The minimum absolute atomic E-state index is 0.319. The van der Waals surface area contributed by atoms with Crippen molar-refractivity contribution in [2.24, 2.45) is 0 Å². The van der Waals surface area contributed by atoms with E-state index in [0.717, 1.165) is 18.9 Å². The van der Waals surface area contributed by atoms with E-state index in [1.807, 2.05) is 4.68 Å². The summed E-state index contributed by atoms with van der Waals surface area (Å²) in [6, 6.07) is 5.69. The Labute approximate surface area is 130 Å². The summed E-state index contributed by atoms with van der Waals surface area (Å²) in [6.45, 7) is 0. The predicted octanol–water partition coefficient (Wildman–Crippen LogP) is 4.10. The lowest BCUT2D eigenvalue weighted by atomic mass is 10.1. The van der Waals surface area contributed by atoms with Crippen LogP contribution in [-0.2, 0) is 11.9 Å². The number of nitrogens with zero attached hydrogens (tertiary/aromatic N) is 4. The largest absolute Gasteiger partial charge is 0.416 e. The van der Waals surface area contributed by atoms with Gasteiger partial charge in [-0.2, -0.15) is 13.2 Å². The van der Waals surface area contributed by atoms with Crippen LogP contribution in [0, 0.1) is 0 Å². The summed E-state index contributed by atoms with van der Waals surface area (Å²) in [4.78, 5) is 0. The molecule has 0 bridgehead atoms. The maximum absolute atomic E-state index is 12.7. The number of tetrazole rings is 1. The van der Waals surface area contributed by atoms with E-state index in [1.54, 1.807) is 6.07 Å². The van der Waals surface area contributed by atoms with Gasteiger partial charge >= 0.3 is 6.18 Å². The number of hydrogen-bond acceptors (Lipinski definition) is 4. The van der Waals surface area contributed by atoms with Gasteiger partial charge in [-0.15, -0.1) is 5.10 Å². The van der Waals surface area contributed by atoms with Crippen molar-refractivity contribution in [2.45, 2.75) is 48.8 Å². The molecule has 4 nitrogen and oxygen atoms in total. The highest BCUT2D eigenvalue weighted by Gasteiger charge is 2.30. The Morgan fingerprint density at radius 2 is 2.00 bits per heavy atom. The summed E-state index contributed by atoms with van der Waals surface area (Å²) in [6.07, 6.45) is 0.140. The van der Waals surface area contributed by atoms with Crippen LogP contribution in [-0.4, -0.2) is 20.2 Å². The normalized spacial score (nSPS) is 16.3. The Balaban J connectivity index is 1.69. The Morgan fingerprint density at radius 1 is 1.23 bits per heavy atom. The third-order valence-electron chi connectivity index (χ3n) is 3.76. The SMILES string of the molecule is FC(F)(F)c1cccc(CSc2nnnn2C2CCCC2)c1. The summed E-state index contributed by atoms with van der Waals surface area (Å²) in [5, 5.41) is 12.4. The maximum Gasteiger partial charge on any atom is 0.416 e. The van der Waals surface area contributed by atoms with Crippen LogP contribution in [0.2, 0.25) is 0 Å². The van der Waals surface area contributed by atoms with Crippen molar-refractivity contribution < 1.29 is 13.2 Å². The molecule has 2 aromatic rings. The third-order valence-corrected chi connectivity index (χ3v) is 4.76. The molecule has 0 amide bonds. The lowest BCUT2D eigenvalue weighted by Gasteiger charge is -2.11. The van der Waals surface area contributed by atoms with E-state index in [2.05, 4.69) is 15.5 Å². The summed E-state index contributed by atoms with van der Waals surface area (Å²) >= 11 is 1.37. The van der Waals surface area contributed by atoms with Crippen LogP contribution < -0.4 is 0 Å². The Morgan fingerprint density at radius 3 is 2.73 bits per heavy atom. The van der Waals surface area contributed by atoms with E-state index in [0.29, 0.717) is 22.5 Å². The van der Waals surface area contributed by atoms with Gasteiger partial charge in [-0.3, -0.25) is 0 Å². The summed E-state index contributed by atoms with van der Waals surface area (Å²) in [5.74, 6) is 0.414.